The van der Waals surface area contributed by atoms with Gasteiger partial charge in [-0.05, 0) is 51.3 Å². The maximum Gasteiger partial charge on any atom is 0.246 e. The van der Waals surface area contributed by atoms with E-state index in [-0.39, 0.29) is 11.9 Å². The predicted molar refractivity (Wildman–Crippen MR) is 97.5 cm³/mol. The molecule has 1 amide bonds. The molecular formula is C19H23N5O. The molecule has 130 valence electrons. The minimum atomic E-state index is -0.106. The number of likely N-dealkylation sites (tertiary alicyclic amines) is 1. The van der Waals surface area contributed by atoms with Crippen molar-refractivity contribution in [3.8, 4) is 0 Å². The summed E-state index contributed by atoms with van der Waals surface area (Å²) in [6.45, 7) is 8.21. The topological polar surface area (TPSA) is 71.0 Å². The first-order valence-electron chi connectivity index (χ1n) is 8.56. The number of aromatic nitrogens is 3. The van der Waals surface area contributed by atoms with Gasteiger partial charge in [0.15, 0.2) is 5.82 Å². The smallest absolute Gasteiger partial charge is 0.246 e. The lowest BCUT2D eigenvalue weighted by Crippen LogP contribution is -2.38. The van der Waals surface area contributed by atoms with Gasteiger partial charge in [0.25, 0.3) is 0 Å². The van der Waals surface area contributed by atoms with E-state index in [2.05, 4.69) is 26.8 Å². The molecule has 1 aliphatic rings. The molecule has 3 rings (SSSR count). The van der Waals surface area contributed by atoms with Crippen molar-refractivity contribution in [2.45, 2.75) is 39.2 Å². The fraction of sp³-hybridized carbons (Fsp3) is 0.368. The Kier molecular flexibility index (Phi) is 5.07. The van der Waals surface area contributed by atoms with Gasteiger partial charge in [-0.25, -0.2) is 15.0 Å². The molecule has 6 heteroatoms. The minimum Gasteiger partial charge on any atom is -0.329 e. The van der Waals surface area contributed by atoms with E-state index in [1.165, 1.54) is 6.08 Å². The van der Waals surface area contributed by atoms with Crippen LogP contribution in [0.4, 0.5) is 11.6 Å². The van der Waals surface area contributed by atoms with E-state index in [1.54, 1.807) is 0 Å². The van der Waals surface area contributed by atoms with Gasteiger partial charge in [-0.1, -0.05) is 12.6 Å². The SMILES string of the molecule is C=CC(=O)N1CCCC[C@H]1c1nc(C)cc(Nc2cccc(C)n2)n1. The maximum absolute atomic E-state index is 12.2. The summed E-state index contributed by atoms with van der Waals surface area (Å²) in [5.74, 6) is 2.04. The highest BCUT2D eigenvalue weighted by atomic mass is 16.2. The number of pyridine rings is 1. The minimum absolute atomic E-state index is 0.0651. The van der Waals surface area contributed by atoms with Crippen LogP contribution in [0.2, 0.25) is 0 Å². The summed E-state index contributed by atoms with van der Waals surface area (Å²) in [7, 11) is 0. The van der Waals surface area contributed by atoms with E-state index in [4.69, 9.17) is 0 Å². The van der Waals surface area contributed by atoms with Crippen LogP contribution >= 0.6 is 0 Å². The molecule has 3 heterocycles. The monoisotopic (exact) mass is 337 g/mol. The zero-order valence-corrected chi connectivity index (χ0v) is 14.7. The molecule has 25 heavy (non-hydrogen) atoms. The second kappa shape index (κ2) is 7.42. The molecule has 1 saturated heterocycles. The Morgan fingerprint density at radius 2 is 2.04 bits per heavy atom. The molecule has 0 aliphatic carbocycles. The summed E-state index contributed by atoms with van der Waals surface area (Å²) >= 11 is 0. The van der Waals surface area contributed by atoms with Gasteiger partial charge in [0.2, 0.25) is 5.91 Å². The molecule has 0 unspecified atom stereocenters. The molecule has 0 radical (unpaired) electrons. The van der Waals surface area contributed by atoms with Crippen LogP contribution in [0, 0.1) is 13.8 Å². The molecule has 1 fully saturated rings. The van der Waals surface area contributed by atoms with Crippen LogP contribution in [0.5, 0.6) is 0 Å². The van der Waals surface area contributed by atoms with E-state index < -0.39 is 0 Å². The Morgan fingerprint density at radius 1 is 1.20 bits per heavy atom. The van der Waals surface area contributed by atoms with Crippen LogP contribution in [-0.2, 0) is 4.79 Å². The number of nitrogens with one attached hydrogen (secondary N) is 1. The summed E-state index contributed by atoms with van der Waals surface area (Å²) in [6.07, 6.45) is 4.29. The lowest BCUT2D eigenvalue weighted by Gasteiger charge is -2.34. The van der Waals surface area contributed by atoms with Gasteiger partial charge in [-0.15, -0.1) is 0 Å². The van der Waals surface area contributed by atoms with Crippen molar-refractivity contribution in [1.82, 2.24) is 19.9 Å². The lowest BCUT2D eigenvalue weighted by atomic mass is 10.0. The summed E-state index contributed by atoms with van der Waals surface area (Å²) in [5, 5.41) is 3.24. The average Bonchev–Trinajstić information content (AvgIpc) is 2.60. The van der Waals surface area contributed by atoms with E-state index >= 15 is 0 Å². The number of hydrogen-bond donors (Lipinski definition) is 1. The molecule has 2 aromatic heterocycles. The van der Waals surface area contributed by atoms with Gasteiger partial charge < -0.3 is 10.2 Å². The molecule has 6 nitrogen and oxygen atoms in total. The van der Waals surface area contributed by atoms with Gasteiger partial charge in [-0.2, -0.15) is 0 Å². The summed E-state index contributed by atoms with van der Waals surface area (Å²) in [4.78, 5) is 27.7. The molecule has 1 N–H and O–H groups in total. The fourth-order valence-corrected chi connectivity index (χ4v) is 3.13. The van der Waals surface area contributed by atoms with Crippen LogP contribution in [0.3, 0.4) is 0 Å². The van der Waals surface area contributed by atoms with Crippen molar-refractivity contribution in [2.24, 2.45) is 0 Å². The number of carbonyl (C=O) groups is 1. The van der Waals surface area contributed by atoms with Gasteiger partial charge in [-0.3, -0.25) is 4.79 Å². The molecular weight excluding hydrogens is 314 g/mol. The molecule has 1 aliphatic heterocycles. The van der Waals surface area contributed by atoms with Crippen LogP contribution in [0.15, 0.2) is 36.9 Å². The summed E-state index contributed by atoms with van der Waals surface area (Å²) in [6, 6.07) is 7.58. The molecule has 0 aromatic carbocycles. The van der Waals surface area contributed by atoms with Gasteiger partial charge >= 0.3 is 0 Å². The molecule has 1 atom stereocenters. The summed E-state index contributed by atoms with van der Waals surface area (Å²) < 4.78 is 0. The second-order valence-electron chi connectivity index (χ2n) is 6.29. The first kappa shape index (κ1) is 17.1. The van der Waals surface area contributed by atoms with Crippen LogP contribution in [-0.4, -0.2) is 32.3 Å². The summed E-state index contributed by atoms with van der Waals surface area (Å²) in [5.41, 5.74) is 1.79. The quantitative estimate of drug-likeness (QED) is 0.865. The fourth-order valence-electron chi connectivity index (χ4n) is 3.13. The Hall–Kier alpha value is -2.76. The number of aryl methyl sites for hydroxylation is 2. The predicted octanol–water partition coefficient (Wildman–Crippen LogP) is 3.47. The van der Waals surface area contributed by atoms with Crippen LogP contribution in [0.1, 0.15) is 42.5 Å². The van der Waals surface area contributed by atoms with Crippen molar-refractivity contribution in [1.29, 1.82) is 0 Å². The van der Waals surface area contributed by atoms with Crippen molar-refractivity contribution < 1.29 is 4.79 Å². The third kappa shape index (κ3) is 4.02. The van der Waals surface area contributed by atoms with Gasteiger partial charge in [0.1, 0.15) is 11.6 Å². The van der Waals surface area contributed by atoms with E-state index in [1.807, 2.05) is 43.0 Å². The van der Waals surface area contributed by atoms with Crippen molar-refractivity contribution in [2.75, 3.05) is 11.9 Å². The van der Waals surface area contributed by atoms with Crippen molar-refractivity contribution >= 4 is 17.5 Å². The third-order valence-electron chi connectivity index (χ3n) is 4.27. The molecule has 0 saturated carbocycles. The van der Waals surface area contributed by atoms with Gasteiger partial charge in [0, 0.05) is 24.0 Å². The van der Waals surface area contributed by atoms with Crippen LogP contribution < -0.4 is 5.32 Å². The number of amides is 1. The zero-order chi connectivity index (χ0) is 17.8. The number of piperidine rings is 1. The lowest BCUT2D eigenvalue weighted by molar-refractivity contribution is -0.129. The zero-order valence-electron chi connectivity index (χ0n) is 14.7. The Bertz CT molecular complexity index is 789. The first-order chi connectivity index (χ1) is 12.1. The molecule has 2 aromatic rings. The maximum atomic E-state index is 12.2. The van der Waals surface area contributed by atoms with Crippen LogP contribution in [0.25, 0.3) is 0 Å². The highest BCUT2D eigenvalue weighted by Gasteiger charge is 2.29. The Balaban J connectivity index is 1.90. The van der Waals surface area contributed by atoms with E-state index in [9.17, 15) is 4.79 Å². The first-order valence-corrected chi connectivity index (χ1v) is 8.56. The van der Waals surface area contributed by atoms with Crippen molar-refractivity contribution in [3.05, 3.63) is 54.1 Å². The number of anilines is 2. The number of rotatable bonds is 4. The Labute approximate surface area is 148 Å². The number of hydrogen-bond acceptors (Lipinski definition) is 5. The number of nitrogens with zero attached hydrogens (tertiary/aromatic N) is 4. The average molecular weight is 337 g/mol. The molecule has 0 spiro atoms. The normalized spacial score (nSPS) is 17.2. The largest absolute Gasteiger partial charge is 0.329 e. The highest BCUT2D eigenvalue weighted by Crippen LogP contribution is 2.30. The number of carbonyl (C=O) groups excluding carboxylic acids is 1. The highest BCUT2D eigenvalue weighted by molar-refractivity contribution is 5.87. The van der Waals surface area contributed by atoms with E-state index in [0.29, 0.717) is 11.6 Å². The third-order valence-corrected chi connectivity index (χ3v) is 4.27. The van der Waals surface area contributed by atoms with Gasteiger partial charge in [0.05, 0.1) is 6.04 Å². The standard InChI is InChI=1S/C19H23N5O/c1-4-18(25)24-11-6-5-9-15(24)19-21-14(3)12-17(23-19)22-16-10-7-8-13(2)20-16/h4,7-8,10,12,15H,1,5-6,9,11H2,2-3H3,(H,20,21,22,23)/t15-/m0/s1. The van der Waals surface area contributed by atoms with Crippen molar-refractivity contribution in [3.63, 3.8) is 0 Å². The second-order valence-corrected chi connectivity index (χ2v) is 6.29. The Morgan fingerprint density at radius 3 is 2.80 bits per heavy atom. The van der Waals surface area contributed by atoms with E-state index in [0.717, 1.165) is 43.0 Å². The molecule has 0 bridgehead atoms.